The molecule has 38 heavy (non-hydrogen) atoms. The maximum Gasteiger partial charge on any atom is 0.530 e. The van der Waals surface area contributed by atoms with Crippen molar-refractivity contribution < 1.29 is 56.2 Å². The van der Waals surface area contributed by atoms with Crippen molar-refractivity contribution in [1.29, 1.82) is 0 Å². The number of alkyl halides is 3. The summed E-state index contributed by atoms with van der Waals surface area (Å²) >= 11 is 0. The van der Waals surface area contributed by atoms with E-state index in [1.807, 2.05) is 0 Å². The lowest BCUT2D eigenvalue weighted by atomic mass is 9.96. The molecule has 1 fully saturated rings. The molecule has 4 rings (SSSR count). The number of carbonyl (C=O) groups is 1. The Bertz CT molecular complexity index is 1290. The summed E-state index contributed by atoms with van der Waals surface area (Å²) < 4.78 is 67.2. The second-order valence-electron chi connectivity index (χ2n) is 7.98. The summed E-state index contributed by atoms with van der Waals surface area (Å²) in [5.74, 6) is -2.45. The van der Waals surface area contributed by atoms with Gasteiger partial charge in [-0.05, 0) is 31.2 Å². The van der Waals surface area contributed by atoms with Crippen LogP contribution in [0.1, 0.15) is 18.7 Å². The average molecular weight is 566 g/mol. The number of phosphoric ester groups is 1. The first kappa shape index (κ1) is 29.2. The largest absolute Gasteiger partial charge is 0.530 e. The lowest BCUT2D eigenvalue weighted by molar-refractivity contribution is -0.192. The van der Waals surface area contributed by atoms with Crippen molar-refractivity contribution in [1.82, 2.24) is 14.5 Å². The Balaban J connectivity index is 0.000000505. The van der Waals surface area contributed by atoms with Crippen LogP contribution in [0.25, 0.3) is 5.76 Å². The predicted molar refractivity (Wildman–Crippen MR) is 120 cm³/mol. The van der Waals surface area contributed by atoms with E-state index in [1.165, 1.54) is 19.2 Å². The van der Waals surface area contributed by atoms with Gasteiger partial charge in [0.05, 0.1) is 13.2 Å². The minimum Gasteiger partial charge on any atom is -0.475 e. The van der Waals surface area contributed by atoms with Crippen LogP contribution in [-0.4, -0.2) is 73.0 Å². The topological polar surface area (TPSA) is 206 Å². The molecule has 208 valence electrons. The van der Waals surface area contributed by atoms with Gasteiger partial charge < -0.3 is 30.3 Å². The van der Waals surface area contributed by atoms with Gasteiger partial charge in [0.15, 0.2) is 6.23 Å². The molecular formula is C20H22F3N4O10P. The lowest BCUT2D eigenvalue weighted by Gasteiger charge is -2.27. The van der Waals surface area contributed by atoms with E-state index in [0.717, 1.165) is 4.57 Å². The van der Waals surface area contributed by atoms with Crippen molar-refractivity contribution in [2.45, 2.75) is 37.1 Å². The summed E-state index contributed by atoms with van der Waals surface area (Å²) in [6.45, 7) is 0.840. The summed E-state index contributed by atoms with van der Waals surface area (Å²) in [6.07, 6.45) is -2.98. The zero-order valence-corrected chi connectivity index (χ0v) is 20.3. The van der Waals surface area contributed by atoms with Crippen LogP contribution in [0, 0.1) is 0 Å². The molecule has 0 spiro atoms. The summed E-state index contributed by atoms with van der Waals surface area (Å²) in [5, 5.41) is 28.4. The molecule has 5 N–H and O–H groups in total. The highest BCUT2D eigenvalue weighted by Crippen LogP contribution is 2.55. The second kappa shape index (κ2) is 11.2. The van der Waals surface area contributed by atoms with Crippen molar-refractivity contribution in [3.05, 3.63) is 58.9 Å². The molecule has 0 aromatic carbocycles. The van der Waals surface area contributed by atoms with Crippen LogP contribution in [0.3, 0.4) is 0 Å². The summed E-state index contributed by atoms with van der Waals surface area (Å²) in [6, 6.07) is 4.70. The fourth-order valence-corrected chi connectivity index (χ4v) is 4.47. The number of hydrogen-bond donors (Lipinski definition) is 4. The van der Waals surface area contributed by atoms with Crippen LogP contribution in [0.2, 0.25) is 0 Å². The first-order valence-electron chi connectivity index (χ1n) is 10.5. The molecule has 18 heteroatoms. The molecule has 14 nitrogen and oxygen atoms in total. The predicted octanol–water partition coefficient (Wildman–Crippen LogP) is 1.08. The van der Waals surface area contributed by atoms with Crippen molar-refractivity contribution in [2.75, 3.05) is 18.9 Å². The minimum absolute atomic E-state index is 0.00192. The molecule has 0 saturated carbocycles. The number of ether oxygens (including phenoxy) is 1. The Kier molecular flexibility index (Phi) is 8.60. The third kappa shape index (κ3) is 6.75. The number of hydrogen-bond acceptors (Lipinski definition) is 12. The second-order valence-corrected chi connectivity index (χ2v) is 9.57. The van der Waals surface area contributed by atoms with E-state index >= 15 is 0 Å². The number of halogens is 3. The van der Waals surface area contributed by atoms with Gasteiger partial charge in [0.1, 0.15) is 29.4 Å². The highest BCUT2D eigenvalue weighted by atomic mass is 31.2. The normalized spacial score (nSPS) is 29.0. The first-order valence-corrected chi connectivity index (χ1v) is 12.0. The Morgan fingerprint density at radius 3 is 2.55 bits per heavy atom. The molecule has 2 aliphatic rings. The number of nitrogens with zero attached hydrogens (tertiary/aromatic N) is 3. The Morgan fingerprint density at radius 1 is 1.34 bits per heavy atom. The van der Waals surface area contributed by atoms with Crippen LogP contribution in [0.5, 0.6) is 0 Å². The molecule has 4 heterocycles. The van der Waals surface area contributed by atoms with Gasteiger partial charge >= 0.3 is 25.7 Å². The summed E-state index contributed by atoms with van der Waals surface area (Å²) in [4.78, 5) is 28.5. The average Bonchev–Trinajstić information content (AvgIpc) is 3.07. The number of aliphatic carboxylic acids is 1. The van der Waals surface area contributed by atoms with Crippen LogP contribution in [-0.2, 0) is 27.7 Å². The van der Waals surface area contributed by atoms with E-state index < -0.39 is 56.3 Å². The third-order valence-corrected chi connectivity index (χ3v) is 6.53. The van der Waals surface area contributed by atoms with E-state index in [4.69, 9.17) is 33.9 Å². The smallest absolute Gasteiger partial charge is 0.475 e. The molecule has 1 unspecified atom stereocenters. The number of pyridine rings is 1. The zero-order valence-electron chi connectivity index (χ0n) is 19.4. The summed E-state index contributed by atoms with van der Waals surface area (Å²) in [5.41, 5.74) is 3.48. The van der Waals surface area contributed by atoms with Gasteiger partial charge in [-0.2, -0.15) is 18.2 Å². The molecule has 0 bridgehead atoms. The molecule has 1 saturated heterocycles. The lowest BCUT2D eigenvalue weighted by Crippen LogP contribution is -2.46. The van der Waals surface area contributed by atoms with Crippen LogP contribution >= 0.6 is 7.82 Å². The number of rotatable bonds is 5. The fourth-order valence-electron chi connectivity index (χ4n) is 3.29. The number of phosphoric acid groups is 1. The number of carboxylic acids is 1. The molecule has 0 amide bonds. The monoisotopic (exact) mass is 566 g/mol. The van der Waals surface area contributed by atoms with Crippen molar-refractivity contribution >= 4 is 25.4 Å². The number of aliphatic hydroxyl groups excluding tert-OH is 1. The number of aliphatic hydroxyl groups is 2. The van der Waals surface area contributed by atoms with Gasteiger partial charge in [-0.1, -0.05) is 0 Å². The quantitative estimate of drug-likeness (QED) is 0.374. The molecular weight excluding hydrogens is 544 g/mol. The fraction of sp³-hybridized carbons (Fsp3) is 0.400. The van der Waals surface area contributed by atoms with E-state index in [9.17, 15) is 32.7 Å². The number of carboxylic acid groups (broad SMARTS) is 1. The van der Waals surface area contributed by atoms with Gasteiger partial charge in [-0.25, -0.2) is 14.2 Å². The zero-order chi connectivity index (χ0) is 28.3. The van der Waals surface area contributed by atoms with Gasteiger partial charge in [-0.15, -0.1) is 0 Å². The standard InChI is InChI=1S/C18H21N4O8P.C2HF3O2/c1-18(25)15(23)13(29-16(18)22-8-4-14(19)21-17(22)24)10-28-31(26)27-9-5-12(30-31)11-2-6-20-7-3-11;3-2(4,5)1(6)7/h2-8,13,15-16,23,25H,9-10H2,1H3,(H2,19,21,24);(H,6,7)/t13-,15+,16+,18+,31?;/m0./s1. The first-order chi connectivity index (χ1) is 17.6. The van der Waals surface area contributed by atoms with Crippen molar-refractivity contribution in [2.24, 2.45) is 0 Å². The van der Waals surface area contributed by atoms with E-state index in [0.29, 0.717) is 11.3 Å². The van der Waals surface area contributed by atoms with Crippen LogP contribution in [0.4, 0.5) is 19.0 Å². The van der Waals surface area contributed by atoms with Gasteiger partial charge in [-0.3, -0.25) is 18.6 Å². The number of nitrogen functional groups attached to an aromatic ring is 1. The maximum atomic E-state index is 12.9. The maximum absolute atomic E-state index is 12.9. The third-order valence-electron chi connectivity index (χ3n) is 5.17. The van der Waals surface area contributed by atoms with E-state index in [-0.39, 0.29) is 12.4 Å². The Labute approximate surface area is 211 Å². The molecule has 0 radical (unpaired) electrons. The van der Waals surface area contributed by atoms with Crippen molar-refractivity contribution in [3.8, 4) is 0 Å². The van der Waals surface area contributed by atoms with Gasteiger partial charge in [0, 0.05) is 24.2 Å². The number of nitrogens with two attached hydrogens (primary N) is 1. The van der Waals surface area contributed by atoms with Gasteiger partial charge in [0.2, 0.25) is 0 Å². The summed E-state index contributed by atoms with van der Waals surface area (Å²) in [7, 11) is -4.02. The van der Waals surface area contributed by atoms with Crippen LogP contribution < -0.4 is 11.4 Å². The van der Waals surface area contributed by atoms with Gasteiger partial charge in [0.25, 0.3) is 0 Å². The molecule has 2 aromatic rings. The van der Waals surface area contributed by atoms with E-state index in [2.05, 4.69) is 9.97 Å². The minimum atomic E-state index is -5.08. The highest BCUT2D eigenvalue weighted by molar-refractivity contribution is 7.48. The Morgan fingerprint density at radius 2 is 1.97 bits per heavy atom. The molecule has 2 aromatic heterocycles. The number of aromatic nitrogens is 3. The number of anilines is 1. The Hall–Kier alpha value is -3.34. The molecule has 0 aliphatic carbocycles. The van der Waals surface area contributed by atoms with Crippen LogP contribution in [0.15, 0.2) is 47.7 Å². The SMILES string of the molecule is C[C@@]1(O)[C@H](O)[C@H](COP2(=O)OCC=C(c3ccncc3)O2)O[C@H]1n1ccc(N)nc1=O.O=C(O)C(F)(F)F. The van der Waals surface area contributed by atoms with Crippen molar-refractivity contribution in [3.63, 3.8) is 0 Å². The van der Waals surface area contributed by atoms with E-state index in [1.54, 1.807) is 30.6 Å². The molecule has 5 atom stereocenters. The molecule has 2 aliphatic heterocycles. The highest BCUT2D eigenvalue weighted by Gasteiger charge is 2.54.